The van der Waals surface area contributed by atoms with Gasteiger partial charge in [0.15, 0.2) is 0 Å². The molecule has 0 saturated carbocycles. The molecule has 3 heteroatoms. The zero-order valence-electron chi connectivity index (χ0n) is 9.25. The number of aliphatic hydroxyl groups excluding tert-OH is 2. The molecule has 1 rings (SSSR count). The average Bonchev–Trinajstić information content (AvgIpc) is 2.16. The summed E-state index contributed by atoms with van der Waals surface area (Å²) in [6.45, 7) is 7.66. The molecule has 1 aliphatic rings. The fourth-order valence-electron chi connectivity index (χ4n) is 1.40. The number of rotatable bonds is 1. The zero-order chi connectivity index (χ0) is 10.5. The maximum atomic E-state index is 9.60. The molecule has 0 aromatic heterocycles. The standard InChI is InChI=1S/C8H17NO2.C2H6/c1-8(6-10)3-4-9(2)5-7(8)11;1-2/h7,10-11H,3-6H2,1-2H3;1-2H3. The second kappa shape index (κ2) is 5.58. The Morgan fingerprint density at radius 1 is 1.46 bits per heavy atom. The first-order valence-corrected chi connectivity index (χ1v) is 5.06. The minimum Gasteiger partial charge on any atom is -0.396 e. The molecule has 1 aliphatic heterocycles. The van der Waals surface area contributed by atoms with Crippen LogP contribution in [0, 0.1) is 5.41 Å². The van der Waals surface area contributed by atoms with Crippen LogP contribution in [0.4, 0.5) is 0 Å². The summed E-state index contributed by atoms with van der Waals surface area (Å²) in [6, 6.07) is 0. The van der Waals surface area contributed by atoms with Crippen molar-refractivity contribution >= 4 is 0 Å². The monoisotopic (exact) mass is 189 g/mol. The molecule has 2 N–H and O–H groups in total. The van der Waals surface area contributed by atoms with Crippen molar-refractivity contribution in [2.75, 3.05) is 26.7 Å². The average molecular weight is 189 g/mol. The molecular weight excluding hydrogens is 166 g/mol. The Bertz CT molecular complexity index is 141. The normalized spacial score (nSPS) is 35.1. The fraction of sp³-hybridized carbons (Fsp3) is 1.00. The lowest BCUT2D eigenvalue weighted by molar-refractivity contribution is -0.0567. The third-order valence-corrected chi connectivity index (χ3v) is 2.71. The maximum Gasteiger partial charge on any atom is 0.0742 e. The van der Waals surface area contributed by atoms with Gasteiger partial charge in [0.2, 0.25) is 0 Å². The van der Waals surface area contributed by atoms with Crippen molar-refractivity contribution in [3.05, 3.63) is 0 Å². The molecule has 0 aliphatic carbocycles. The summed E-state index contributed by atoms with van der Waals surface area (Å²) >= 11 is 0. The van der Waals surface area contributed by atoms with E-state index in [0.717, 1.165) is 13.0 Å². The van der Waals surface area contributed by atoms with Crippen LogP contribution in [0.2, 0.25) is 0 Å². The lowest BCUT2D eigenvalue weighted by atomic mass is 9.79. The van der Waals surface area contributed by atoms with Gasteiger partial charge in [0.1, 0.15) is 0 Å². The van der Waals surface area contributed by atoms with E-state index < -0.39 is 0 Å². The second-order valence-corrected chi connectivity index (χ2v) is 3.84. The predicted molar refractivity (Wildman–Crippen MR) is 54.7 cm³/mol. The highest BCUT2D eigenvalue weighted by molar-refractivity contribution is 4.88. The summed E-state index contributed by atoms with van der Waals surface area (Å²) in [5, 5.41) is 18.6. The van der Waals surface area contributed by atoms with Gasteiger partial charge in [0.25, 0.3) is 0 Å². The minimum absolute atomic E-state index is 0.0853. The van der Waals surface area contributed by atoms with Gasteiger partial charge in [-0.25, -0.2) is 0 Å². The molecule has 80 valence electrons. The number of hydrogen-bond donors (Lipinski definition) is 2. The molecule has 3 nitrogen and oxygen atoms in total. The summed E-state index contributed by atoms with van der Waals surface area (Å²) in [5.74, 6) is 0. The van der Waals surface area contributed by atoms with E-state index in [0.29, 0.717) is 6.54 Å². The Balaban J connectivity index is 0.000000671. The van der Waals surface area contributed by atoms with Gasteiger partial charge in [0, 0.05) is 12.0 Å². The lowest BCUT2D eigenvalue weighted by Gasteiger charge is -2.40. The van der Waals surface area contributed by atoms with Gasteiger partial charge in [-0.15, -0.1) is 0 Å². The third kappa shape index (κ3) is 3.25. The molecule has 13 heavy (non-hydrogen) atoms. The number of likely N-dealkylation sites (N-methyl/N-ethyl adjacent to an activating group) is 1. The van der Waals surface area contributed by atoms with Crippen LogP contribution in [0.15, 0.2) is 0 Å². The second-order valence-electron chi connectivity index (χ2n) is 3.84. The van der Waals surface area contributed by atoms with Gasteiger partial charge < -0.3 is 15.1 Å². The van der Waals surface area contributed by atoms with E-state index in [2.05, 4.69) is 4.90 Å². The van der Waals surface area contributed by atoms with E-state index in [1.807, 2.05) is 27.8 Å². The highest BCUT2D eigenvalue weighted by Crippen LogP contribution is 2.29. The Morgan fingerprint density at radius 3 is 2.38 bits per heavy atom. The van der Waals surface area contributed by atoms with Crippen molar-refractivity contribution in [2.24, 2.45) is 5.41 Å². The van der Waals surface area contributed by atoms with E-state index in [1.54, 1.807) is 0 Å². The molecule has 0 aromatic rings. The van der Waals surface area contributed by atoms with Crippen LogP contribution in [0.3, 0.4) is 0 Å². The molecule has 1 saturated heterocycles. The van der Waals surface area contributed by atoms with Gasteiger partial charge >= 0.3 is 0 Å². The van der Waals surface area contributed by atoms with Crippen LogP contribution >= 0.6 is 0 Å². The number of hydrogen-bond acceptors (Lipinski definition) is 3. The number of likely N-dealkylation sites (tertiary alicyclic amines) is 1. The Morgan fingerprint density at radius 2 is 2.00 bits per heavy atom. The summed E-state index contributed by atoms with van der Waals surface area (Å²) in [5.41, 5.74) is -0.271. The first-order chi connectivity index (χ1) is 6.08. The third-order valence-electron chi connectivity index (χ3n) is 2.71. The van der Waals surface area contributed by atoms with Gasteiger partial charge in [-0.1, -0.05) is 20.8 Å². The van der Waals surface area contributed by atoms with Gasteiger partial charge in [-0.05, 0) is 20.0 Å². The Labute approximate surface area is 81.4 Å². The quantitative estimate of drug-likeness (QED) is 0.638. The van der Waals surface area contributed by atoms with Gasteiger partial charge in [0.05, 0.1) is 12.7 Å². The molecule has 1 heterocycles. The molecule has 2 atom stereocenters. The van der Waals surface area contributed by atoms with E-state index in [-0.39, 0.29) is 18.1 Å². The van der Waals surface area contributed by atoms with E-state index in [1.165, 1.54) is 0 Å². The van der Waals surface area contributed by atoms with Crippen LogP contribution in [-0.2, 0) is 0 Å². The van der Waals surface area contributed by atoms with Crippen LogP contribution in [0.1, 0.15) is 27.2 Å². The summed E-state index contributed by atoms with van der Waals surface area (Å²) < 4.78 is 0. The molecule has 1 fully saturated rings. The molecule has 0 bridgehead atoms. The molecule has 0 aromatic carbocycles. The lowest BCUT2D eigenvalue weighted by Crippen LogP contribution is -2.49. The largest absolute Gasteiger partial charge is 0.396 e. The maximum absolute atomic E-state index is 9.60. The Hall–Kier alpha value is -0.120. The van der Waals surface area contributed by atoms with Gasteiger partial charge in [-0.2, -0.15) is 0 Å². The van der Waals surface area contributed by atoms with E-state index in [9.17, 15) is 5.11 Å². The van der Waals surface area contributed by atoms with Crippen molar-refractivity contribution in [3.8, 4) is 0 Å². The predicted octanol–water partition coefficient (Wildman–Crippen LogP) is 0.708. The summed E-state index contributed by atoms with van der Waals surface area (Å²) in [6.07, 6.45) is 0.493. The highest BCUT2D eigenvalue weighted by atomic mass is 16.3. The molecule has 2 unspecified atom stereocenters. The van der Waals surface area contributed by atoms with Crippen LogP contribution < -0.4 is 0 Å². The van der Waals surface area contributed by atoms with Crippen molar-refractivity contribution in [2.45, 2.75) is 33.3 Å². The number of β-amino-alcohol motifs (C(OH)–C–C–N with tert-alkyl or cyclic N) is 1. The first kappa shape index (κ1) is 12.9. The van der Waals surface area contributed by atoms with Crippen molar-refractivity contribution in [1.82, 2.24) is 4.90 Å². The van der Waals surface area contributed by atoms with E-state index in [4.69, 9.17) is 5.11 Å². The SMILES string of the molecule is CC.CN1CCC(C)(CO)C(O)C1. The molecule has 0 radical (unpaired) electrons. The van der Waals surface area contributed by atoms with Crippen molar-refractivity contribution < 1.29 is 10.2 Å². The topological polar surface area (TPSA) is 43.7 Å². The molecule has 0 amide bonds. The summed E-state index contributed by atoms with van der Waals surface area (Å²) in [7, 11) is 1.99. The van der Waals surface area contributed by atoms with Crippen LogP contribution in [-0.4, -0.2) is 48.0 Å². The Kier molecular flexibility index (Phi) is 5.53. The first-order valence-electron chi connectivity index (χ1n) is 5.06. The van der Waals surface area contributed by atoms with Crippen molar-refractivity contribution in [3.63, 3.8) is 0 Å². The van der Waals surface area contributed by atoms with Gasteiger partial charge in [-0.3, -0.25) is 0 Å². The van der Waals surface area contributed by atoms with Crippen LogP contribution in [0.25, 0.3) is 0 Å². The minimum atomic E-state index is -0.383. The zero-order valence-corrected chi connectivity index (χ0v) is 9.25. The van der Waals surface area contributed by atoms with E-state index >= 15 is 0 Å². The number of aliphatic hydroxyl groups is 2. The summed E-state index contributed by atoms with van der Waals surface area (Å²) in [4.78, 5) is 2.09. The van der Waals surface area contributed by atoms with Crippen molar-refractivity contribution in [1.29, 1.82) is 0 Å². The number of piperidine rings is 1. The molecular formula is C10H23NO2. The smallest absolute Gasteiger partial charge is 0.0742 e. The van der Waals surface area contributed by atoms with Crippen LogP contribution in [0.5, 0.6) is 0 Å². The molecule has 0 spiro atoms. The fourth-order valence-corrected chi connectivity index (χ4v) is 1.40. The number of nitrogens with zero attached hydrogens (tertiary/aromatic N) is 1. The highest BCUT2D eigenvalue weighted by Gasteiger charge is 2.36.